The molecule has 136 valence electrons. The molecule has 6 heteroatoms. The molecule has 0 saturated carbocycles. The third-order valence-electron chi connectivity index (χ3n) is 4.46. The van der Waals surface area contributed by atoms with Gasteiger partial charge in [-0.1, -0.05) is 25.1 Å². The van der Waals surface area contributed by atoms with Crippen molar-refractivity contribution in [1.29, 1.82) is 0 Å². The highest BCUT2D eigenvalue weighted by atomic mass is 16.5. The smallest absolute Gasteiger partial charge is 0.231 e. The number of hydrogen-bond acceptors (Lipinski definition) is 4. The second kappa shape index (κ2) is 7.47. The van der Waals surface area contributed by atoms with E-state index in [2.05, 4.69) is 5.32 Å². The molecular weight excluding hydrogens is 332 g/mol. The fourth-order valence-electron chi connectivity index (χ4n) is 3.02. The topological polar surface area (TPSA) is 67.9 Å². The van der Waals surface area contributed by atoms with Gasteiger partial charge in [-0.15, -0.1) is 0 Å². The van der Waals surface area contributed by atoms with Gasteiger partial charge in [-0.05, 0) is 29.8 Å². The SMILES string of the molecule is COc1ccc(CC(=O)N2C[C@@H](C)C(=O)Nc3ccccc32)cc1OC. The van der Waals surface area contributed by atoms with Gasteiger partial charge in [0.15, 0.2) is 11.5 Å². The van der Waals surface area contributed by atoms with Crippen LogP contribution in [0, 0.1) is 5.92 Å². The third-order valence-corrected chi connectivity index (χ3v) is 4.46. The summed E-state index contributed by atoms with van der Waals surface area (Å²) in [4.78, 5) is 26.9. The fourth-order valence-corrected chi connectivity index (χ4v) is 3.02. The van der Waals surface area contributed by atoms with E-state index in [-0.39, 0.29) is 24.2 Å². The van der Waals surface area contributed by atoms with Gasteiger partial charge in [0.05, 0.1) is 37.9 Å². The number of amides is 2. The Hall–Kier alpha value is -3.02. The minimum Gasteiger partial charge on any atom is -0.493 e. The van der Waals surface area contributed by atoms with Crippen LogP contribution in [0.3, 0.4) is 0 Å². The number of carbonyl (C=O) groups excluding carboxylic acids is 2. The van der Waals surface area contributed by atoms with E-state index in [1.54, 1.807) is 31.3 Å². The molecule has 26 heavy (non-hydrogen) atoms. The van der Waals surface area contributed by atoms with Gasteiger partial charge in [0.1, 0.15) is 0 Å². The lowest BCUT2D eigenvalue weighted by molar-refractivity contribution is -0.119. The van der Waals surface area contributed by atoms with E-state index in [0.717, 1.165) is 11.3 Å². The first-order valence-electron chi connectivity index (χ1n) is 8.44. The Morgan fingerprint density at radius 3 is 2.62 bits per heavy atom. The maximum absolute atomic E-state index is 13.0. The first-order valence-corrected chi connectivity index (χ1v) is 8.44. The molecule has 1 atom stereocenters. The van der Waals surface area contributed by atoms with E-state index in [0.29, 0.717) is 23.7 Å². The van der Waals surface area contributed by atoms with Gasteiger partial charge in [0.25, 0.3) is 0 Å². The summed E-state index contributed by atoms with van der Waals surface area (Å²) in [7, 11) is 3.13. The highest BCUT2D eigenvalue weighted by Crippen LogP contribution is 2.31. The van der Waals surface area contributed by atoms with Crippen molar-refractivity contribution >= 4 is 23.2 Å². The van der Waals surface area contributed by atoms with Gasteiger partial charge in [0.2, 0.25) is 11.8 Å². The molecule has 2 amide bonds. The zero-order valence-electron chi connectivity index (χ0n) is 15.1. The molecule has 2 aromatic rings. The Labute approximate surface area is 152 Å². The molecule has 1 heterocycles. The lowest BCUT2D eigenvalue weighted by Gasteiger charge is -2.23. The number of anilines is 2. The van der Waals surface area contributed by atoms with Crippen molar-refractivity contribution in [1.82, 2.24) is 0 Å². The van der Waals surface area contributed by atoms with Gasteiger partial charge >= 0.3 is 0 Å². The predicted octanol–water partition coefficient (Wildman–Crippen LogP) is 2.87. The van der Waals surface area contributed by atoms with Gasteiger partial charge in [-0.2, -0.15) is 0 Å². The van der Waals surface area contributed by atoms with Gasteiger partial charge in [-0.3, -0.25) is 9.59 Å². The van der Waals surface area contributed by atoms with Crippen LogP contribution in [0.4, 0.5) is 11.4 Å². The molecule has 1 aliphatic heterocycles. The third kappa shape index (κ3) is 3.49. The van der Waals surface area contributed by atoms with Crippen LogP contribution in [0.25, 0.3) is 0 Å². The lowest BCUT2D eigenvalue weighted by Crippen LogP contribution is -2.36. The normalized spacial score (nSPS) is 16.3. The number of ether oxygens (including phenoxy) is 2. The van der Waals surface area contributed by atoms with E-state index < -0.39 is 0 Å². The molecule has 0 spiro atoms. The number of nitrogens with zero attached hydrogens (tertiary/aromatic N) is 1. The molecule has 0 aliphatic carbocycles. The van der Waals surface area contributed by atoms with Crippen LogP contribution in [-0.2, 0) is 16.0 Å². The molecule has 6 nitrogen and oxygen atoms in total. The number of para-hydroxylation sites is 2. The van der Waals surface area contributed by atoms with E-state index in [1.165, 1.54) is 0 Å². The summed E-state index contributed by atoms with van der Waals surface area (Å²) in [6.07, 6.45) is 0.204. The van der Waals surface area contributed by atoms with Crippen LogP contribution in [0.2, 0.25) is 0 Å². The number of carbonyl (C=O) groups is 2. The first-order chi connectivity index (χ1) is 12.5. The molecule has 2 aromatic carbocycles. The van der Waals surface area contributed by atoms with E-state index in [1.807, 2.05) is 37.3 Å². The van der Waals surface area contributed by atoms with Crippen molar-refractivity contribution in [2.24, 2.45) is 5.92 Å². The number of nitrogens with one attached hydrogen (secondary N) is 1. The first kappa shape index (κ1) is 17.8. The molecule has 0 aromatic heterocycles. The van der Waals surface area contributed by atoms with Crippen LogP contribution in [0.1, 0.15) is 12.5 Å². The molecule has 0 unspecified atom stereocenters. The van der Waals surface area contributed by atoms with Crippen molar-refractivity contribution in [2.75, 3.05) is 31.0 Å². The van der Waals surface area contributed by atoms with E-state index in [4.69, 9.17) is 9.47 Å². The van der Waals surface area contributed by atoms with Crippen LogP contribution in [0.5, 0.6) is 11.5 Å². The van der Waals surface area contributed by atoms with Crippen LogP contribution in [-0.4, -0.2) is 32.6 Å². The summed E-state index contributed by atoms with van der Waals surface area (Å²) < 4.78 is 10.5. The molecular formula is C20H22N2O4. The highest BCUT2D eigenvalue weighted by molar-refractivity contribution is 6.04. The molecule has 1 N–H and O–H groups in total. The Balaban J connectivity index is 1.88. The zero-order valence-corrected chi connectivity index (χ0v) is 15.1. The Morgan fingerprint density at radius 2 is 1.88 bits per heavy atom. The standard InChI is InChI=1S/C20H22N2O4/c1-13-12-22(16-7-5-4-6-15(16)21-20(13)24)19(23)11-14-8-9-17(25-2)18(10-14)26-3/h4-10,13H,11-12H2,1-3H3,(H,21,24)/t13-/m1/s1. The largest absolute Gasteiger partial charge is 0.493 e. The quantitative estimate of drug-likeness (QED) is 0.917. The molecule has 0 radical (unpaired) electrons. The van der Waals surface area contributed by atoms with E-state index >= 15 is 0 Å². The van der Waals surface area contributed by atoms with Crippen molar-refractivity contribution in [3.8, 4) is 11.5 Å². The molecule has 0 saturated heterocycles. The number of fused-ring (bicyclic) bond motifs is 1. The zero-order chi connectivity index (χ0) is 18.7. The molecule has 0 fully saturated rings. The van der Waals surface area contributed by atoms with E-state index in [9.17, 15) is 9.59 Å². The molecule has 1 aliphatic rings. The number of methoxy groups -OCH3 is 2. The lowest BCUT2D eigenvalue weighted by atomic mass is 10.1. The monoisotopic (exact) mass is 354 g/mol. The van der Waals surface area contributed by atoms with Crippen LogP contribution >= 0.6 is 0 Å². The molecule has 0 bridgehead atoms. The van der Waals surface area contributed by atoms with Crippen molar-refractivity contribution < 1.29 is 19.1 Å². The fraction of sp³-hybridized carbons (Fsp3) is 0.300. The summed E-state index contributed by atoms with van der Waals surface area (Å²) in [5, 5.41) is 2.88. The Morgan fingerprint density at radius 1 is 1.15 bits per heavy atom. The minimum atomic E-state index is -0.295. The Bertz CT molecular complexity index is 834. The molecule has 3 rings (SSSR count). The number of hydrogen-bond donors (Lipinski definition) is 1. The highest BCUT2D eigenvalue weighted by Gasteiger charge is 2.28. The summed E-state index contributed by atoms with van der Waals surface area (Å²) >= 11 is 0. The summed E-state index contributed by atoms with van der Waals surface area (Å²) in [5.74, 6) is 0.746. The summed E-state index contributed by atoms with van der Waals surface area (Å²) in [6.45, 7) is 2.16. The van der Waals surface area contributed by atoms with Crippen LogP contribution < -0.4 is 19.7 Å². The maximum Gasteiger partial charge on any atom is 0.231 e. The average Bonchev–Trinajstić information content (AvgIpc) is 2.78. The second-order valence-corrected chi connectivity index (χ2v) is 6.28. The van der Waals surface area contributed by atoms with Crippen molar-refractivity contribution in [3.63, 3.8) is 0 Å². The van der Waals surface area contributed by atoms with Crippen molar-refractivity contribution in [3.05, 3.63) is 48.0 Å². The second-order valence-electron chi connectivity index (χ2n) is 6.28. The minimum absolute atomic E-state index is 0.0759. The predicted molar refractivity (Wildman–Crippen MR) is 99.8 cm³/mol. The van der Waals surface area contributed by atoms with Crippen molar-refractivity contribution in [2.45, 2.75) is 13.3 Å². The average molecular weight is 354 g/mol. The van der Waals surface area contributed by atoms with Crippen LogP contribution in [0.15, 0.2) is 42.5 Å². The maximum atomic E-state index is 13.0. The summed E-state index contributed by atoms with van der Waals surface area (Å²) in [5.41, 5.74) is 2.19. The number of rotatable bonds is 4. The van der Waals surface area contributed by atoms with Gasteiger partial charge in [0, 0.05) is 6.54 Å². The van der Waals surface area contributed by atoms with Gasteiger partial charge < -0.3 is 19.7 Å². The number of benzene rings is 2. The summed E-state index contributed by atoms with van der Waals surface area (Å²) in [6, 6.07) is 12.8. The van der Waals surface area contributed by atoms with Gasteiger partial charge in [-0.25, -0.2) is 0 Å². The Kier molecular flexibility index (Phi) is 5.11.